The maximum Gasteiger partial charge on any atom is 0.229 e. The summed E-state index contributed by atoms with van der Waals surface area (Å²) in [6.45, 7) is 4.72. The Hall–Kier alpha value is -4.21. The number of aryl methyl sites for hydroxylation is 1. The van der Waals surface area contributed by atoms with Gasteiger partial charge in [-0.1, -0.05) is 0 Å². The maximum atomic E-state index is 13.9. The van der Waals surface area contributed by atoms with E-state index >= 15 is 0 Å². The number of hydrogen-bond acceptors (Lipinski definition) is 8. The van der Waals surface area contributed by atoms with Crippen molar-refractivity contribution in [3.63, 3.8) is 0 Å². The molecule has 0 spiro atoms. The molecule has 1 aliphatic rings. The summed E-state index contributed by atoms with van der Waals surface area (Å²) in [6.07, 6.45) is 1.63. The quantitative estimate of drug-likeness (QED) is 0.415. The highest BCUT2D eigenvalue weighted by Crippen LogP contribution is 2.30. The lowest BCUT2D eigenvalue weighted by atomic mass is 10.1. The zero-order chi connectivity index (χ0) is 25.2. The molecule has 3 heterocycles. The molecule has 186 valence electrons. The van der Waals surface area contributed by atoms with Gasteiger partial charge in [-0.3, -0.25) is 4.98 Å². The van der Waals surface area contributed by atoms with Gasteiger partial charge in [-0.25, -0.2) is 13.8 Å². The summed E-state index contributed by atoms with van der Waals surface area (Å²) < 4.78 is 38.3. The fourth-order valence-corrected chi connectivity index (χ4v) is 4.36. The first-order valence-electron chi connectivity index (χ1n) is 11.5. The molecule has 0 saturated carbocycles. The molecule has 0 bridgehead atoms. The van der Waals surface area contributed by atoms with Gasteiger partial charge >= 0.3 is 0 Å². The summed E-state index contributed by atoms with van der Waals surface area (Å²) in [4.78, 5) is 17.8. The van der Waals surface area contributed by atoms with Gasteiger partial charge in [0.05, 0.1) is 19.7 Å². The summed E-state index contributed by atoms with van der Waals surface area (Å²) >= 11 is 0. The summed E-state index contributed by atoms with van der Waals surface area (Å²) in [5.41, 5.74) is 2.86. The molecule has 10 heteroatoms. The molecule has 0 amide bonds. The molecule has 0 atom stereocenters. The van der Waals surface area contributed by atoms with E-state index in [0.29, 0.717) is 54.5 Å². The number of piperazine rings is 1. The third-order valence-corrected chi connectivity index (χ3v) is 6.15. The van der Waals surface area contributed by atoms with Gasteiger partial charge in [0.1, 0.15) is 17.3 Å². The van der Waals surface area contributed by atoms with Gasteiger partial charge in [0.25, 0.3) is 0 Å². The number of nitrogens with zero attached hydrogens (tertiary/aromatic N) is 5. The van der Waals surface area contributed by atoms with Crippen molar-refractivity contribution in [3.05, 3.63) is 66.0 Å². The van der Waals surface area contributed by atoms with Gasteiger partial charge in [0.2, 0.25) is 5.95 Å². The lowest BCUT2D eigenvalue weighted by Gasteiger charge is -2.37. The molecule has 4 aromatic rings. The van der Waals surface area contributed by atoms with Crippen LogP contribution in [0, 0.1) is 18.6 Å². The Morgan fingerprint density at radius 3 is 2.19 bits per heavy atom. The number of fused-ring (bicyclic) bond motifs is 1. The van der Waals surface area contributed by atoms with Gasteiger partial charge in [-0.05, 0) is 19.1 Å². The van der Waals surface area contributed by atoms with E-state index in [9.17, 15) is 8.78 Å². The van der Waals surface area contributed by atoms with Gasteiger partial charge in [0, 0.05) is 85.2 Å². The second kappa shape index (κ2) is 9.80. The summed E-state index contributed by atoms with van der Waals surface area (Å²) in [7, 11) is 3.20. The zero-order valence-electron chi connectivity index (χ0n) is 20.3. The predicted octanol–water partition coefficient (Wildman–Crippen LogP) is 4.70. The van der Waals surface area contributed by atoms with Crippen molar-refractivity contribution < 1.29 is 18.3 Å². The summed E-state index contributed by atoms with van der Waals surface area (Å²) in [5.74, 6) is 0.834. The molecule has 36 heavy (non-hydrogen) atoms. The Bertz CT molecular complexity index is 1390. The molecule has 8 nitrogen and oxygen atoms in total. The van der Waals surface area contributed by atoms with E-state index in [1.54, 1.807) is 26.5 Å². The molecule has 1 aliphatic heterocycles. The monoisotopic (exact) mass is 492 g/mol. The Balaban J connectivity index is 1.34. The van der Waals surface area contributed by atoms with Crippen LogP contribution in [0.15, 0.2) is 48.7 Å². The first-order chi connectivity index (χ1) is 17.4. The van der Waals surface area contributed by atoms with Crippen molar-refractivity contribution in [3.8, 4) is 11.5 Å². The van der Waals surface area contributed by atoms with E-state index in [-0.39, 0.29) is 0 Å². The Morgan fingerprint density at radius 2 is 1.50 bits per heavy atom. The average Bonchev–Trinajstić information content (AvgIpc) is 2.88. The van der Waals surface area contributed by atoms with E-state index in [2.05, 4.69) is 25.1 Å². The molecule has 2 aromatic heterocycles. The Morgan fingerprint density at radius 1 is 0.833 bits per heavy atom. The van der Waals surface area contributed by atoms with Crippen molar-refractivity contribution in [2.24, 2.45) is 0 Å². The number of rotatable bonds is 6. The number of methoxy groups -OCH3 is 2. The average molecular weight is 493 g/mol. The molecule has 1 N–H and O–H groups in total. The van der Waals surface area contributed by atoms with E-state index in [0.717, 1.165) is 29.0 Å². The molecule has 1 fully saturated rings. The van der Waals surface area contributed by atoms with Crippen LogP contribution in [0.4, 0.5) is 31.9 Å². The number of pyridine rings is 1. The Labute approximate surface area is 207 Å². The van der Waals surface area contributed by atoms with Crippen LogP contribution in [-0.4, -0.2) is 55.4 Å². The first-order valence-corrected chi connectivity index (χ1v) is 11.5. The number of ether oxygens (including phenoxy) is 2. The minimum Gasteiger partial charge on any atom is -0.497 e. The number of benzene rings is 2. The third kappa shape index (κ3) is 4.79. The van der Waals surface area contributed by atoms with Gasteiger partial charge in [-0.2, -0.15) is 4.98 Å². The van der Waals surface area contributed by atoms with Crippen LogP contribution in [0.25, 0.3) is 10.9 Å². The zero-order valence-corrected chi connectivity index (χ0v) is 20.3. The van der Waals surface area contributed by atoms with E-state index in [1.807, 2.05) is 31.2 Å². The molecule has 5 rings (SSSR count). The summed E-state index contributed by atoms with van der Waals surface area (Å²) in [6, 6.07) is 11.6. The number of halogens is 2. The van der Waals surface area contributed by atoms with E-state index in [1.165, 1.54) is 6.07 Å². The SMILES string of the molecule is COc1cc(Nc2nc(C)cc(N3CCN(c4ccnc5cc(F)c(F)cc45)CC3)n2)cc(OC)c1. The van der Waals surface area contributed by atoms with Crippen LogP contribution in [0.2, 0.25) is 0 Å². The van der Waals surface area contributed by atoms with Gasteiger partial charge < -0.3 is 24.6 Å². The number of anilines is 4. The van der Waals surface area contributed by atoms with Crippen molar-refractivity contribution in [2.45, 2.75) is 6.92 Å². The number of hydrogen-bond donors (Lipinski definition) is 1. The van der Waals surface area contributed by atoms with E-state index < -0.39 is 11.6 Å². The second-order valence-corrected chi connectivity index (χ2v) is 8.51. The fourth-order valence-electron chi connectivity index (χ4n) is 4.36. The Kier molecular flexibility index (Phi) is 6.41. The van der Waals surface area contributed by atoms with Crippen LogP contribution in [0.3, 0.4) is 0 Å². The molecule has 0 aliphatic carbocycles. The van der Waals surface area contributed by atoms with Crippen LogP contribution in [0.5, 0.6) is 11.5 Å². The third-order valence-electron chi connectivity index (χ3n) is 6.15. The fraction of sp³-hybridized carbons (Fsp3) is 0.269. The minimum absolute atomic E-state index is 0.435. The highest BCUT2D eigenvalue weighted by atomic mass is 19.2. The number of aromatic nitrogens is 3. The first kappa shape index (κ1) is 23.5. The molecular weight excluding hydrogens is 466 g/mol. The smallest absolute Gasteiger partial charge is 0.229 e. The normalized spacial score (nSPS) is 13.7. The largest absolute Gasteiger partial charge is 0.497 e. The van der Waals surface area contributed by atoms with Crippen LogP contribution in [-0.2, 0) is 0 Å². The van der Waals surface area contributed by atoms with Crippen molar-refractivity contribution in [1.82, 2.24) is 15.0 Å². The van der Waals surface area contributed by atoms with Crippen molar-refractivity contribution in [2.75, 3.05) is 55.5 Å². The topological polar surface area (TPSA) is 75.6 Å². The molecule has 0 radical (unpaired) electrons. The molecule has 2 aromatic carbocycles. The van der Waals surface area contributed by atoms with Crippen molar-refractivity contribution in [1.29, 1.82) is 0 Å². The molecule has 1 saturated heterocycles. The predicted molar refractivity (Wildman–Crippen MR) is 136 cm³/mol. The standard InChI is InChI=1S/C26H26F2N6O2/c1-16-10-25(32-26(30-16)31-17-11-18(35-2)13-19(12-17)36-3)34-8-6-33(7-9-34)24-4-5-29-23-15-22(28)21(27)14-20(23)24/h4-5,10-15H,6-9H2,1-3H3,(H,30,31,32). The van der Waals surface area contributed by atoms with E-state index in [4.69, 9.17) is 14.5 Å². The molecular formula is C26H26F2N6O2. The van der Waals surface area contributed by atoms with Crippen LogP contribution >= 0.6 is 0 Å². The van der Waals surface area contributed by atoms with Gasteiger partial charge in [-0.15, -0.1) is 0 Å². The summed E-state index contributed by atoms with van der Waals surface area (Å²) in [5, 5.41) is 3.85. The minimum atomic E-state index is -0.895. The lowest BCUT2D eigenvalue weighted by molar-refractivity contribution is 0.395. The number of nitrogens with one attached hydrogen (secondary N) is 1. The lowest BCUT2D eigenvalue weighted by Crippen LogP contribution is -2.47. The highest BCUT2D eigenvalue weighted by Gasteiger charge is 2.21. The highest BCUT2D eigenvalue weighted by molar-refractivity contribution is 5.91. The van der Waals surface area contributed by atoms with Crippen molar-refractivity contribution >= 4 is 34.0 Å². The second-order valence-electron chi connectivity index (χ2n) is 8.51. The van der Waals surface area contributed by atoms with Crippen LogP contribution < -0.4 is 24.6 Å². The maximum absolute atomic E-state index is 13.9. The van der Waals surface area contributed by atoms with Crippen LogP contribution in [0.1, 0.15) is 5.69 Å². The molecule has 0 unspecified atom stereocenters. The van der Waals surface area contributed by atoms with Gasteiger partial charge in [0.15, 0.2) is 11.6 Å².